The Labute approximate surface area is 177 Å². The molecule has 0 bridgehead atoms. The summed E-state index contributed by atoms with van der Waals surface area (Å²) in [5.74, 6) is 0.429. The van der Waals surface area contributed by atoms with Gasteiger partial charge in [0.1, 0.15) is 5.82 Å². The van der Waals surface area contributed by atoms with Gasteiger partial charge in [0.15, 0.2) is 5.96 Å². The fourth-order valence-corrected chi connectivity index (χ4v) is 2.99. The van der Waals surface area contributed by atoms with Crippen LogP contribution in [-0.4, -0.2) is 39.3 Å². The number of morpholine rings is 1. The van der Waals surface area contributed by atoms with Crippen LogP contribution < -0.4 is 15.5 Å². The zero-order chi connectivity index (χ0) is 18.2. The Morgan fingerprint density at radius 3 is 2.26 bits per heavy atom. The van der Waals surface area contributed by atoms with E-state index in [4.69, 9.17) is 4.74 Å². The fraction of sp³-hybridized carbons (Fsp3) is 0.350. The Balaban J connectivity index is 0.00000261. The lowest BCUT2D eigenvalue weighted by Gasteiger charge is -2.30. The third-order valence-electron chi connectivity index (χ3n) is 4.42. The fourth-order valence-electron chi connectivity index (χ4n) is 2.99. The van der Waals surface area contributed by atoms with Gasteiger partial charge in [0.25, 0.3) is 0 Å². The third-order valence-corrected chi connectivity index (χ3v) is 4.42. The highest BCUT2D eigenvalue weighted by molar-refractivity contribution is 14.0. The minimum Gasteiger partial charge on any atom is -0.378 e. The number of anilines is 1. The Bertz CT molecular complexity index is 750. The number of nitrogens with zero attached hydrogens (tertiary/aromatic N) is 2. The van der Waals surface area contributed by atoms with Crippen molar-refractivity contribution in [2.24, 2.45) is 4.99 Å². The molecule has 0 radical (unpaired) electrons. The van der Waals surface area contributed by atoms with Crippen molar-refractivity contribution in [2.75, 3.05) is 38.3 Å². The molecule has 2 N–H and O–H groups in total. The van der Waals surface area contributed by atoms with E-state index in [9.17, 15) is 4.39 Å². The second-order valence-electron chi connectivity index (χ2n) is 6.10. The summed E-state index contributed by atoms with van der Waals surface area (Å²) in [5.41, 5.74) is 3.03. The summed E-state index contributed by atoms with van der Waals surface area (Å²) in [6.45, 7) is 4.34. The van der Waals surface area contributed by atoms with Gasteiger partial charge in [-0.15, -0.1) is 24.0 Å². The summed E-state index contributed by atoms with van der Waals surface area (Å²) < 4.78 is 19.2. The number of aliphatic imine (C=N–C) groups is 1. The molecule has 1 aliphatic heterocycles. The van der Waals surface area contributed by atoms with Gasteiger partial charge in [-0.1, -0.05) is 36.4 Å². The Morgan fingerprint density at radius 1 is 1.00 bits per heavy atom. The number of guanidine groups is 1. The molecule has 1 aliphatic rings. The second-order valence-corrected chi connectivity index (χ2v) is 6.10. The van der Waals surface area contributed by atoms with Gasteiger partial charge in [0.05, 0.1) is 13.2 Å². The molecule has 146 valence electrons. The molecule has 2 aromatic carbocycles. The average Bonchev–Trinajstić information content (AvgIpc) is 2.70. The van der Waals surface area contributed by atoms with E-state index < -0.39 is 0 Å². The van der Waals surface area contributed by atoms with Gasteiger partial charge in [-0.25, -0.2) is 4.39 Å². The first-order valence-corrected chi connectivity index (χ1v) is 8.86. The van der Waals surface area contributed by atoms with E-state index in [0.29, 0.717) is 24.6 Å². The lowest BCUT2D eigenvalue weighted by molar-refractivity contribution is 0.122. The number of rotatable bonds is 5. The van der Waals surface area contributed by atoms with Crippen LogP contribution in [0.3, 0.4) is 0 Å². The summed E-state index contributed by atoms with van der Waals surface area (Å²) in [6.07, 6.45) is 0. The lowest BCUT2D eigenvalue weighted by atomic mass is 10.1. The van der Waals surface area contributed by atoms with Crippen LogP contribution in [0.5, 0.6) is 0 Å². The van der Waals surface area contributed by atoms with Crippen molar-refractivity contribution in [3.63, 3.8) is 0 Å². The van der Waals surface area contributed by atoms with Crippen LogP contribution in [0.4, 0.5) is 10.1 Å². The monoisotopic (exact) mass is 484 g/mol. The molecule has 1 fully saturated rings. The molecule has 3 rings (SSSR count). The molecule has 27 heavy (non-hydrogen) atoms. The minimum absolute atomic E-state index is 0. The highest BCUT2D eigenvalue weighted by Crippen LogP contribution is 2.21. The predicted octanol–water partition coefficient (Wildman–Crippen LogP) is 3.15. The van der Waals surface area contributed by atoms with Crippen molar-refractivity contribution in [3.05, 3.63) is 65.5 Å². The molecular formula is C20H26FIN4O. The number of benzene rings is 2. The van der Waals surface area contributed by atoms with Crippen molar-refractivity contribution >= 4 is 35.6 Å². The highest BCUT2D eigenvalue weighted by Gasteiger charge is 2.14. The van der Waals surface area contributed by atoms with Gasteiger partial charge in [-0.05, 0) is 17.7 Å². The van der Waals surface area contributed by atoms with Crippen LogP contribution in [0.15, 0.2) is 53.5 Å². The van der Waals surface area contributed by atoms with Crippen molar-refractivity contribution in [1.29, 1.82) is 0 Å². The maximum Gasteiger partial charge on any atom is 0.191 e. The molecule has 0 atom stereocenters. The maximum absolute atomic E-state index is 13.7. The maximum atomic E-state index is 13.7. The molecule has 7 heteroatoms. The molecule has 0 saturated carbocycles. The zero-order valence-electron chi connectivity index (χ0n) is 15.5. The molecule has 5 nitrogen and oxygen atoms in total. The van der Waals surface area contributed by atoms with E-state index in [-0.39, 0.29) is 29.8 Å². The number of nitrogens with one attached hydrogen (secondary N) is 2. The van der Waals surface area contributed by atoms with E-state index in [1.165, 1.54) is 17.3 Å². The minimum atomic E-state index is -0.215. The van der Waals surface area contributed by atoms with Gasteiger partial charge in [-0.2, -0.15) is 0 Å². The highest BCUT2D eigenvalue weighted by atomic mass is 127. The summed E-state index contributed by atoms with van der Waals surface area (Å²) in [4.78, 5) is 6.57. The summed E-state index contributed by atoms with van der Waals surface area (Å²) in [5, 5.41) is 6.47. The first-order valence-electron chi connectivity index (χ1n) is 8.86. The Hall–Kier alpha value is -1.87. The van der Waals surface area contributed by atoms with Gasteiger partial charge in [0.2, 0.25) is 0 Å². The van der Waals surface area contributed by atoms with Crippen molar-refractivity contribution in [3.8, 4) is 0 Å². The number of halogens is 2. The number of ether oxygens (including phenoxy) is 1. The van der Waals surface area contributed by atoms with Crippen molar-refractivity contribution < 1.29 is 9.13 Å². The molecular weight excluding hydrogens is 458 g/mol. The molecule has 0 aliphatic carbocycles. The van der Waals surface area contributed by atoms with E-state index >= 15 is 0 Å². The topological polar surface area (TPSA) is 48.9 Å². The van der Waals surface area contributed by atoms with E-state index in [1.807, 2.05) is 12.1 Å². The van der Waals surface area contributed by atoms with Crippen LogP contribution in [-0.2, 0) is 17.8 Å². The molecule has 1 heterocycles. The molecule has 0 unspecified atom stereocenters. The van der Waals surface area contributed by atoms with Gasteiger partial charge in [-0.3, -0.25) is 4.99 Å². The summed E-state index contributed by atoms with van der Waals surface area (Å²) >= 11 is 0. The molecule has 0 spiro atoms. The quantitative estimate of drug-likeness (QED) is 0.389. The molecule has 2 aromatic rings. The molecule has 1 saturated heterocycles. The van der Waals surface area contributed by atoms with Gasteiger partial charge >= 0.3 is 0 Å². The second kappa shape index (κ2) is 11.1. The van der Waals surface area contributed by atoms with Gasteiger partial charge < -0.3 is 20.3 Å². The Morgan fingerprint density at radius 2 is 1.59 bits per heavy atom. The van der Waals surface area contributed by atoms with Gasteiger partial charge in [0, 0.05) is 44.5 Å². The van der Waals surface area contributed by atoms with Crippen LogP contribution in [0.2, 0.25) is 0 Å². The number of hydrogen-bond acceptors (Lipinski definition) is 3. The number of hydrogen-bond donors (Lipinski definition) is 2. The van der Waals surface area contributed by atoms with E-state index in [0.717, 1.165) is 26.3 Å². The van der Waals surface area contributed by atoms with E-state index in [1.54, 1.807) is 19.2 Å². The third kappa shape index (κ3) is 6.07. The standard InChI is InChI=1S/C20H25FN4O.HI/c1-22-20(23-14-16-6-2-4-8-18(16)21)24-15-17-7-3-5-9-19(17)25-10-12-26-13-11-25;/h2-9H,10-15H2,1H3,(H2,22,23,24);1H. The van der Waals surface area contributed by atoms with Crippen molar-refractivity contribution in [1.82, 2.24) is 10.6 Å². The Kier molecular flexibility index (Phi) is 8.80. The summed E-state index contributed by atoms with van der Waals surface area (Å²) in [7, 11) is 1.71. The molecule has 0 amide bonds. The average molecular weight is 484 g/mol. The first-order chi connectivity index (χ1) is 12.8. The SMILES string of the molecule is CN=C(NCc1ccccc1F)NCc1ccccc1N1CCOCC1.I. The zero-order valence-corrected chi connectivity index (χ0v) is 17.8. The summed E-state index contributed by atoms with van der Waals surface area (Å²) in [6, 6.07) is 15.1. The van der Waals surface area contributed by atoms with Crippen LogP contribution >= 0.6 is 24.0 Å². The van der Waals surface area contributed by atoms with Crippen LogP contribution in [0, 0.1) is 5.82 Å². The largest absolute Gasteiger partial charge is 0.378 e. The smallest absolute Gasteiger partial charge is 0.191 e. The lowest BCUT2D eigenvalue weighted by Crippen LogP contribution is -2.39. The number of para-hydroxylation sites is 1. The van der Waals surface area contributed by atoms with Crippen LogP contribution in [0.25, 0.3) is 0 Å². The predicted molar refractivity (Wildman–Crippen MR) is 118 cm³/mol. The van der Waals surface area contributed by atoms with Crippen molar-refractivity contribution in [2.45, 2.75) is 13.1 Å². The van der Waals surface area contributed by atoms with Crippen LogP contribution in [0.1, 0.15) is 11.1 Å². The molecule has 0 aromatic heterocycles. The first kappa shape index (κ1) is 21.4. The normalized spacial score (nSPS) is 14.4. The van der Waals surface area contributed by atoms with E-state index in [2.05, 4.69) is 38.7 Å².